The third kappa shape index (κ3) is 5.37. The summed E-state index contributed by atoms with van der Waals surface area (Å²) in [5.41, 5.74) is 2.81. The first-order valence-electron chi connectivity index (χ1n) is 9.90. The van der Waals surface area contributed by atoms with E-state index in [1.165, 1.54) is 14.0 Å². The molecule has 0 saturated heterocycles. The van der Waals surface area contributed by atoms with Crippen molar-refractivity contribution < 1.29 is 28.3 Å². The number of amides is 2. The van der Waals surface area contributed by atoms with Gasteiger partial charge in [0, 0.05) is 24.0 Å². The molecule has 0 saturated carbocycles. The smallest absolute Gasteiger partial charge is 0.340 e. The summed E-state index contributed by atoms with van der Waals surface area (Å²) in [6.07, 6.45) is 1.60. The molecular formula is C23H25N3O6. The molecule has 2 aromatic heterocycles. The van der Waals surface area contributed by atoms with Crippen LogP contribution in [0.5, 0.6) is 5.75 Å². The highest BCUT2D eigenvalue weighted by Gasteiger charge is 2.19. The van der Waals surface area contributed by atoms with Gasteiger partial charge in [-0.2, -0.15) is 0 Å². The predicted molar refractivity (Wildman–Crippen MR) is 118 cm³/mol. The third-order valence-corrected chi connectivity index (χ3v) is 4.82. The second kappa shape index (κ2) is 9.86. The van der Waals surface area contributed by atoms with Gasteiger partial charge >= 0.3 is 5.97 Å². The number of ether oxygens (including phenoxy) is 2. The molecule has 168 valence electrons. The van der Waals surface area contributed by atoms with Crippen LogP contribution in [0.1, 0.15) is 34.4 Å². The molecule has 2 heterocycles. The van der Waals surface area contributed by atoms with Crippen LogP contribution in [0, 0.1) is 13.8 Å². The lowest BCUT2D eigenvalue weighted by Crippen LogP contribution is -2.21. The lowest BCUT2D eigenvalue weighted by molar-refractivity contribution is -0.119. The van der Waals surface area contributed by atoms with Crippen molar-refractivity contribution in [2.75, 3.05) is 24.4 Å². The lowest BCUT2D eigenvalue weighted by Gasteiger charge is -2.12. The van der Waals surface area contributed by atoms with Crippen molar-refractivity contribution in [1.82, 2.24) is 4.57 Å². The molecule has 32 heavy (non-hydrogen) atoms. The number of hydrogen-bond acceptors (Lipinski definition) is 6. The quantitative estimate of drug-likeness (QED) is 0.520. The molecule has 0 aliphatic rings. The van der Waals surface area contributed by atoms with E-state index in [2.05, 4.69) is 10.6 Å². The number of methoxy groups -OCH3 is 1. The normalized spacial score (nSPS) is 10.5. The van der Waals surface area contributed by atoms with Gasteiger partial charge in [-0.05, 0) is 50.2 Å². The number of carbonyl (C=O) groups excluding carboxylic acids is 3. The summed E-state index contributed by atoms with van der Waals surface area (Å²) in [5, 5.41) is 5.26. The Kier molecular flexibility index (Phi) is 6.99. The molecule has 3 aromatic rings. The van der Waals surface area contributed by atoms with E-state index < -0.39 is 18.5 Å². The number of esters is 1. The van der Waals surface area contributed by atoms with E-state index in [1.807, 2.05) is 24.5 Å². The van der Waals surface area contributed by atoms with Gasteiger partial charge in [0.1, 0.15) is 11.5 Å². The second-order valence-corrected chi connectivity index (χ2v) is 7.17. The van der Waals surface area contributed by atoms with Gasteiger partial charge in [0.2, 0.25) is 5.91 Å². The topological polar surface area (TPSA) is 112 Å². The summed E-state index contributed by atoms with van der Waals surface area (Å²) < 4.78 is 17.8. The fourth-order valence-electron chi connectivity index (χ4n) is 3.29. The summed E-state index contributed by atoms with van der Waals surface area (Å²) in [7, 11) is 1.46. The van der Waals surface area contributed by atoms with Crippen molar-refractivity contribution in [3.8, 4) is 5.75 Å². The summed E-state index contributed by atoms with van der Waals surface area (Å²) in [6, 6.07) is 10.2. The van der Waals surface area contributed by atoms with E-state index in [1.54, 1.807) is 36.6 Å². The van der Waals surface area contributed by atoms with E-state index >= 15 is 0 Å². The van der Waals surface area contributed by atoms with Gasteiger partial charge in [0.15, 0.2) is 6.61 Å². The number of aromatic nitrogens is 1. The fourth-order valence-corrected chi connectivity index (χ4v) is 3.29. The van der Waals surface area contributed by atoms with Crippen LogP contribution in [0.4, 0.5) is 11.4 Å². The maximum absolute atomic E-state index is 12.6. The number of rotatable bonds is 8. The van der Waals surface area contributed by atoms with Crippen molar-refractivity contribution in [3.05, 3.63) is 65.4 Å². The zero-order chi connectivity index (χ0) is 23.3. The molecule has 0 radical (unpaired) electrons. The van der Waals surface area contributed by atoms with Crippen LogP contribution < -0.4 is 15.4 Å². The van der Waals surface area contributed by atoms with Crippen molar-refractivity contribution in [3.63, 3.8) is 0 Å². The molecule has 0 atom stereocenters. The molecule has 0 aliphatic carbocycles. The zero-order valence-electron chi connectivity index (χ0n) is 18.4. The number of furan rings is 1. The number of nitrogens with zero attached hydrogens (tertiary/aromatic N) is 1. The van der Waals surface area contributed by atoms with E-state index in [0.717, 1.165) is 11.5 Å². The molecule has 0 aliphatic heterocycles. The average Bonchev–Trinajstić information content (AvgIpc) is 3.35. The van der Waals surface area contributed by atoms with E-state index in [9.17, 15) is 14.4 Å². The van der Waals surface area contributed by atoms with Crippen LogP contribution in [0.15, 0.2) is 47.1 Å². The van der Waals surface area contributed by atoms with Gasteiger partial charge in [-0.25, -0.2) is 4.79 Å². The monoisotopic (exact) mass is 439 g/mol. The van der Waals surface area contributed by atoms with Gasteiger partial charge < -0.3 is 29.1 Å². The van der Waals surface area contributed by atoms with Crippen LogP contribution in [0.2, 0.25) is 0 Å². The largest absolute Gasteiger partial charge is 0.495 e. The Morgan fingerprint density at radius 3 is 2.53 bits per heavy atom. The number of aryl methyl sites for hydroxylation is 1. The number of hydrogen-bond donors (Lipinski definition) is 2. The molecule has 0 fully saturated rings. The maximum Gasteiger partial charge on any atom is 0.340 e. The molecule has 2 N–H and O–H groups in total. The second-order valence-electron chi connectivity index (χ2n) is 7.17. The Morgan fingerprint density at radius 1 is 1.09 bits per heavy atom. The summed E-state index contributed by atoms with van der Waals surface area (Å²) in [5.74, 6) is -0.216. The zero-order valence-corrected chi connectivity index (χ0v) is 18.4. The maximum atomic E-state index is 12.6. The molecule has 3 rings (SSSR count). The summed E-state index contributed by atoms with van der Waals surface area (Å²) in [4.78, 5) is 36.2. The molecular weight excluding hydrogens is 414 g/mol. The Labute approximate surface area is 185 Å². The number of benzene rings is 1. The minimum Gasteiger partial charge on any atom is -0.495 e. The summed E-state index contributed by atoms with van der Waals surface area (Å²) in [6.45, 7) is 5.09. The molecule has 1 aromatic carbocycles. The van der Waals surface area contributed by atoms with Crippen molar-refractivity contribution >= 4 is 29.2 Å². The van der Waals surface area contributed by atoms with Crippen LogP contribution >= 0.6 is 0 Å². The minimum atomic E-state index is -0.599. The Hall–Kier alpha value is -4.01. The van der Waals surface area contributed by atoms with Gasteiger partial charge in [0.05, 0.1) is 31.2 Å². The third-order valence-electron chi connectivity index (χ3n) is 4.82. The minimum absolute atomic E-state index is 0.244. The van der Waals surface area contributed by atoms with E-state index in [4.69, 9.17) is 13.9 Å². The van der Waals surface area contributed by atoms with Gasteiger partial charge in [-0.1, -0.05) is 0 Å². The molecule has 9 nitrogen and oxygen atoms in total. The van der Waals surface area contributed by atoms with Gasteiger partial charge in [-0.3, -0.25) is 9.59 Å². The van der Waals surface area contributed by atoms with Gasteiger partial charge in [0.25, 0.3) is 5.91 Å². The van der Waals surface area contributed by atoms with Crippen LogP contribution in [-0.2, 0) is 20.9 Å². The van der Waals surface area contributed by atoms with Crippen LogP contribution in [0.3, 0.4) is 0 Å². The first kappa shape index (κ1) is 22.7. The van der Waals surface area contributed by atoms with Crippen LogP contribution in [-0.4, -0.2) is 36.1 Å². The highest BCUT2D eigenvalue weighted by atomic mass is 16.5. The van der Waals surface area contributed by atoms with E-state index in [-0.39, 0.29) is 5.91 Å². The highest BCUT2D eigenvalue weighted by molar-refractivity contribution is 5.98. The SMILES string of the molecule is COc1ccc(NC(C)=O)cc1NC(=O)COC(=O)c1cc(C)n(Cc2ccco2)c1C. The number of carbonyl (C=O) groups is 3. The number of anilines is 2. The Morgan fingerprint density at radius 2 is 1.88 bits per heavy atom. The number of nitrogens with one attached hydrogen (secondary N) is 2. The Bertz CT molecular complexity index is 1130. The highest BCUT2D eigenvalue weighted by Crippen LogP contribution is 2.28. The summed E-state index contributed by atoms with van der Waals surface area (Å²) >= 11 is 0. The molecule has 0 bridgehead atoms. The average molecular weight is 439 g/mol. The standard InChI is InChI=1S/C23H25N3O6/c1-14-10-19(15(2)26(14)12-18-6-5-9-31-18)23(29)32-13-22(28)25-20-11-17(24-16(3)27)7-8-21(20)30-4/h5-11H,12-13H2,1-4H3,(H,24,27)(H,25,28). The van der Waals surface area contributed by atoms with Gasteiger partial charge in [-0.15, -0.1) is 0 Å². The first-order valence-corrected chi connectivity index (χ1v) is 9.90. The molecule has 2 amide bonds. The van der Waals surface area contributed by atoms with Crippen molar-refractivity contribution in [2.24, 2.45) is 0 Å². The Balaban J connectivity index is 1.64. The van der Waals surface area contributed by atoms with Crippen LogP contribution in [0.25, 0.3) is 0 Å². The molecule has 9 heteroatoms. The van der Waals surface area contributed by atoms with Crippen molar-refractivity contribution in [2.45, 2.75) is 27.3 Å². The first-order chi connectivity index (χ1) is 15.3. The molecule has 0 unspecified atom stereocenters. The fraction of sp³-hybridized carbons (Fsp3) is 0.261. The lowest BCUT2D eigenvalue weighted by atomic mass is 10.2. The van der Waals surface area contributed by atoms with E-state index in [0.29, 0.717) is 34.9 Å². The molecule has 0 spiro atoms. The van der Waals surface area contributed by atoms with Crippen molar-refractivity contribution in [1.29, 1.82) is 0 Å². The predicted octanol–water partition coefficient (Wildman–Crippen LogP) is 3.51.